The van der Waals surface area contributed by atoms with E-state index in [-0.39, 0.29) is 17.2 Å². The van der Waals surface area contributed by atoms with Crippen LogP contribution in [-0.4, -0.2) is 30.5 Å². The molecule has 0 bridgehead atoms. The standard InChI is InChI=1S/C14H11F4N3O3/c1-23-7-3-6(4-8(24-2)12(7)22)5-19-21-11-9(15)13(17)20-14(18)10(11)16/h3-5,22H,1-2H3,(H,20,21)/b19-5+. The van der Waals surface area contributed by atoms with Crippen molar-refractivity contribution in [1.29, 1.82) is 0 Å². The molecule has 2 N–H and O–H groups in total. The minimum absolute atomic E-state index is 0.0640. The second-order valence-corrected chi connectivity index (χ2v) is 4.34. The molecule has 2 aromatic rings. The highest BCUT2D eigenvalue weighted by molar-refractivity contribution is 5.83. The number of phenolic OH excluding ortho intramolecular Hbond substituents is 1. The van der Waals surface area contributed by atoms with Crippen molar-refractivity contribution in [3.8, 4) is 17.2 Å². The summed E-state index contributed by atoms with van der Waals surface area (Å²) in [4.78, 5) is 2.42. The maximum Gasteiger partial charge on any atom is 0.254 e. The van der Waals surface area contributed by atoms with E-state index >= 15 is 0 Å². The molecule has 128 valence electrons. The van der Waals surface area contributed by atoms with Gasteiger partial charge in [-0.15, -0.1) is 0 Å². The average molecular weight is 345 g/mol. The number of methoxy groups -OCH3 is 2. The number of nitrogens with one attached hydrogen (secondary N) is 1. The molecule has 1 aromatic heterocycles. The van der Waals surface area contributed by atoms with Gasteiger partial charge < -0.3 is 14.6 Å². The number of hydrogen-bond acceptors (Lipinski definition) is 6. The maximum atomic E-state index is 13.4. The fourth-order valence-electron chi connectivity index (χ4n) is 1.74. The molecule has 0 aliphatic rings. The topological polar surface area (TPSA) is 76.0 Å². The van der Waals surface area contributed by atoms with Crippen LogP contribution in [0.5, 0.6) is 17.2 Å². The second kappa shape index (κ2) is 7.02. The summed E-state index contributed by atoms with van der Waals surface area (Å²) in [7, 11) is 2.61. The van der Waals surface area contributed by atoms with E-state index in [9.17, 15) is 22.7 Å². The van der Waals surface area contributed by atoms with Crippen molar-refractivity contribution < 1.29 is 32.1 Å². The summed E-state index contributed by atoms with van der Waals surface area (Å²) in [5.41, 5.74) is 1.04. The van der Waals surface area contributed by atoms with Crippen LogP contribution in [0, 0.1) is 23.5 Å². The molecule has 0 saturated heterocycles. The summed E-state index contributed by atoms with van der Waals surface area (Å²) in [5.74, 6) is -7.17. The SMILES string of the molecule is COc1cc(/C=N/Nc2c(F)c(F)nc(F)c2F)cc(OC)c1O. The lowest BCUT2D eigenvalue weighted by molar-refractivity contribution is 0.340. The van der Waals surface area contributed by atoms with Gasteiger partial charge in [-0.05, 0) is 12.1 Å². The van der Waals surface area contributed by atoms with Gasteiger partial charge in [0, 0.05) is 5.56 Å². The lowest BCUT2D eigenvalue weighted by atomic mass is 10.2. The number of benzene rings is 1. The Morgan fingerprint density at radius 1 is 1.04 bits per heavy atom. The van der Waals surface area contributed by atoms with Crippen LogP contribution in [0.25, 0.3) is 0 Å². The molecule has 10 heteroatoms. The largest absolute Gasteiger partial charge is 0.502 e. The Balaban J connectivity index is 2.31. The Bertz CT molecular complexity index is 748. The molecule has 0 atom stereocenters. The van der Waals surface area contributed by atoms with Gasteiger partial charge in [0.05, 0.1) is 20.4 Å². The number of hydrogen-bond donors (Lipinski definition) is 2. The van der Waals surface area contributed by atoms with E-state index in [1.807, 2.05) is 5.43 Å². The van der Waals surface area contributed by atoms with Gasteiger partial charge in [0.25, 0.3) is 11.9 Å². The summed E-state index contributed by atoms with van der Waals surface area (Å²) in [5, 5.41) is 13.2. The van der Waals surface area contributed by atoms with Crippen molar-refractivity contribution in [1.82, 2.24) is 4.98 Å². The molecule has 0 aliphatic carbocycles. The molecule has 0 radical (unpaired) electrons. The molecule has 0 spiro atoms. The van der Waals surface area contributed by atoms with Gasteiger partial charge in [0.1, 0.15) is 5.69 Å². The number of halogens is 4. The van der Waals surface area contributed by atoms with E-state index in [1.54, 1.807) is 0 Å². The van der Waals surface area contributed by atoms with Gasteiger partial charge in [-0.3, -0.25) is 5.43 Å². The number of pyridine rings is 1. The molecule has 1 aromatic carbocycles. The Labute approximate surface area is 133 Å². The normalized spacial score (nSPS) is 10.9. The predicted octanol–water partition coefficient (Wildman–Crippen LogP) is 2.81. The zero-order valence-electron chi connectivity index (χ0n) is 12.4. The van der Waals surface area contributed by atoms with Gasteiger partial charge in [-0.1, -0.05) is 0 Å². The first kappa shape index (κ1) is 17.3. The van der Waals surface area contributed by atoms with E-state index in [1.165, 1.54) is 26.4 Å². The number of phenols is 1. The minimum Gasteiger partial charge on any atom is -0.502 e. The van der Waals surface area contributed by atoms with Crippen molar-refractivity contribution in [2.24, 2.45) is 5.10 Å². The Hall–Kier alpha value is -3.04. The van der Waals surface area contributed by atoms with Gasteiger partial charge in [-0.2, -0.15) is 27.6 Å². The maximum absolute atomic E-state index is 13.4. The zero-order chi connectivity index (χ0) is 17.9. The fraction of sp³-hybridized carbons (Fsp3) is 0.143. The van der Waals surface area contributed by atoms with Gasteiger partial charge >= 0.3 is 0 Å². The monoisotopic (exact) mass is 345 g/mol. The van der Waals surface area contributed by atoms with E-state index in [0.717, 1.165) is 6.21 Å². The lowest BCUT2D eigenvalue weighted by Gasteiger charge is -2.09. The third kappa shape index (κ3) is 3.31. The zero-order valence-corrected chi connectivity index (χ0v) is 12.4. The Morgan fingerprint density at radius 2 is 1.54 bits per heavy atom. The predicted molar refractivity (Wildman–Crippen MR) is 76.5 cm³/mol. The molecule has 0 unspecified atom stereocenters. The van der Waals surface area contributed by atoms with Crippen LogP contribution in [-0.2, 0) is 0 Å². The van der Waals surface area contributed by atoms with E-state index in [4.69, 9.17) is 9.47 Å². The molecule has 2 rings (SSSR count). The molecule has 0 amide bonds. The van der Waals surface area contributed by atoms with Crippen LogP contribution >= 0.6 is 0 Å². The molecule has 0 fully saturated rings. The molecule has 6 nitrogen and oxygen atoms in total. The average Bonchev–Trinajstić information content (AvgIpc) is 2.57. The van der Waals surface area contributed by atoms with Crippen molar-refractivity contribution in [2.75, 3.05) is 19.6 Å². The van der Waals surface area contributed by atoms with Gasteiger partial charge in [0.15, 0.2) is 11.5 Å². The minimum atomic E-state index is -1.81. The van der Waals surface area contributed by atoms with Gasteiger partial charge in [-0.25, -0.2) is 0 Å². The first-order valence-corrected chi connectivity index (χ1v) is 6.33. The summed E-state index contributed by atoms with van der Waals surface area (Å²) in [6.07, 6.45) is 1.07. The highest BCUT2D eigenvalue weighted by Gasteiger charge is 2.20. The van der Waals surface area contributed by atoms with Crippen LogP contribution in [0.1, 0.15) is 5.56 Å². The first-order chi connectivity index (χ1) is 11.4. The molecule has 0 saturated carbocycles. The lowest BCUT2D eigenvalue weighted by Crippen LogP contribution is -2.06. The molecule has 24 heavy (non-hydrogen) atoms. The number of aromatic hydroxyl groups is 1. The summed E-state index contributed by atoms with van der Waals surface area (Å²) >= 11 is 0. The Kier molecular flexibility index (Phi) is 5.07. The van der Waals surface area contributed by atoms with Crippen LogP contribution in [0.3, 0.4) is 0 Å². The number of anilines is 1. The fourth-order valence-corrected chi connectivity index (χ4v) is 1.74. The van der Waals surface area contributed by atoms with Crippen molar-refractivity contribution in [3.05, 3.63) is 41.2 Å². The smallest absolute Gasteiger partial charge is 0.254 e. The highest BCUT2D eigenvalue weighted by Crippen LogP contribution is 2.36. The number of aromatic nitrogens is 1. The van der Waals surface area contributed by atoms with E-state index < -0.39 is 29.2 Å². The van der Waals surface area contributed by atoms with E-state index in [2.05, 4.69) is 10.1 Å². The van der Waals surface area contributed by atoms with Crippen molar-refractivity contribution in [2.45, 2.75) is 0 Å². The Morgan fingerprint density at radius 3 is 2.00 bits per heavy atom. The van der Waals surface area contributed by atoms with Crippen LogP contribution in [0.2, 0.25) is 0 Å². The number of rotatable bonds is 5. The first-order valence-electron chi connectivity index (χ1n) is 6.33. The quantitative estimate of drug-likeness (QED) is 0.377. The van der Waals surface area contributed by atoms with E-state index in [0.29, 0.717) is 5.56 Å². The van der Waals surface area contributed by atoms with Crippen molar-refractivity contribution in [3.63, 3.8) is 0 Å². The van der Waals surface area contributed by atoms with Crippen LogP contribution in [0.4, 0.5) is 23.2 Å². The summed E-state index contributed by atoms with van der Waals surface area (Å²) in [6, 6.07) is 2.70. The summed E-state index contributed by atoms with van der Waals surface area (Å²) < 4.78 is 62.6. The van der Waals surface area contributed by atoms with Crippen LogP contribution in [0.15, 0.2) is 17.2 Å². The molecular formula is C14H11F4N3O3. The number of nitrogens with zero attached hydrogens (tertiary/aromatic N) is 2. The van der Waals surface area contributed by atoms with Crippen molar-refractivity contribution >= 4 is 11.9 Å². The number of ether oxygens (including phenoxy) is 2. The second-order valence-electron chi connectivity index (χ2n) is 4.34. The summed E-state index contributed by atoms with van der Waals surface area (Å²) in [6.45, 7) is 0. The van der Waals surface area contributed by atoms with Gasteiger partial charge in [0.2, 0.25) is 17.4 Å². The molecule has 0 aliphatic heterocycles. The number of hydrazone groups is 1. The van der Waals surface area contributed by atoms with Crippen LogP contribution < -0.4 is 14.9 Å². The third-order valence-corrected chi connectivity index (χ3v) is 2.89. The molecular weight excluding hydrogens is 334 g/mol. The molecule has 1 heterocycles. The third-order valence-electron chi connectivity index (χ3n) is 2.89. The highest BCUT2D eigenvalue weighted by atomic mass is 19.2.